The monoisotopic (exact) mass is 154 g/mol. The van der Waals surface area contributed by atoms with E-state index in [0.717, 1.165) is 12.8 Å². The molecule has 0 aromatic carbocycles. The van der Waals surface area contributed by atoms with E-state index in [-0.39, 0.29) is 5.97 Å². The first kappa shape index (κ1) is 9.99. The van der Waals surface area contributed by atoms with Crippen LogP contribution in [0.1, 0.15) is 26.2 Å². The largest absolute Gasteiger partial charge is 0.461 e. The molecule has 62 valence electrons. The Morgan fingerprint density at radius 1 is 1.73 bits per heavy atom. The quantitative estimate of drug-likeness (QED) is 0.447. The van der Waals surface area contributed by atoms with Crippen molar-refractivity contribution >= 4 is 5.97 Å². The Morgan fingerprint density at radius 2 is 2.45 bits per heavy atom. The molecule has 0 bridgehead atoms. The van der Waals surface area contributed by atoms with Gasteiger partial charge in [-0.05, 0) is 12.5 Å². The summed E-state index contributed by atoms with van der Waals surface area (Å²) in [6.07, 6.45) is 4.02. The molecule has 0 rings (SSSR count). The van der Waals surface area contributed by atoms with Crippen LogP contribution in [0.15, 0.2) is 18.4 Å². The average Bonchev–Trinajstić information content (AvgIpc) is 2.01. The lowest BCUT2D eigenvalue weighted by Crippen LogP contribution is -2.03. The summed E-state index contributed by atoms with van der Waals surface area (Å²) in [5, 5.41) is 0. The fourth-order valence-electron chi connectivity index (χ4n) is 0.587. The summed E-state index contributed by atoms with van der Waals surface area (Å²) in [6.45, 7) is 5.68. The molecule has 0 radical (unpaired) electrons. The minimum Gasteiger partial charge on any atom is -0.461 e. The van der Waals surface area contributed by atoms with E-state index in [4.69, 9.17) is 4.74 Å². The predicted molar refractivity (Wildman–Crippen MR) is 44.2 cm³/mol. The van der Waals surface area contributed by atoms with Crippen LogP contribution in [0.4, 0.5) is 0 Å². The Labute approximate surface area is 67.6 Å². The fourth-order valence-corrected chi connectivity index (χ4v) is 0.587. The van der Waals surface area contributed by atoms with Gasteiger partial charge in [0.15, 0.2) is 0 Å². The van der Waals surface area contributed by atoms with E-state index in [1.807, 2.05) is 6.92 Å². The Morgan fingerprint density at radius 3 is 3.00 bits per heavy atom. The molecule has 0 aromatic rings. The molecule has 0 N–H and O–H groups in total. The maximum atomic E-state index is 10.8. The summed E-state index contributed by atoms with van der Waals surface area (Å²) in [5.41, 5.74) is 2.53. The molecule has 0 fully saturated rings. The molecule has 0 aromatic heterocycles. The van der Waals surface area contributed by atoms with Gasteiger partial charge in [0.05, 0.1) is 0 Å². The first-order chi connectivity index (χ1) is 5.31. The van der Waals surface area contributed by atoms with Gasteiger partial charge < -0.3 is 4.74 Å². The van der Waals surface area contributed by atoms with Crippen molar-refractivity contribution in [2.75, 3.05) is 6.61 Å². The maximum Gasteiger partial charge on any atom is 0.306 e. The van der Waals surface area contributed by atoms with Crippen molar-refractivity contribution in [2.45, 2.75) is 26.2 Å². The molecule has 2 nitrogen and oxygen atoms in total. The average molecular weight is 154 g/mol. The highest BCUT2D eigenvalue weighted by molar-refractivity contribution is 5.69. The van der Waals surface area contributed by atoms with E-state index in [9.17, 15) is 4.79 Å². The van der Waals surface area contributed by atoms with Crippen LogP contribution >= 0.6 is 0 Å². The summed E-state index contributed by atoms with van der Waals surface area (Å²) >= 11 is 0. The zero-order chi connectivity index (χ0) is 8.53. The zero-order valence-electron chi connectivity index (χ0n) is 6.93. The summed E-state index contributed by atoms with van der Waals surface area (Å²) in [7, 11) is 0. The second-order valence-electron chi connectivity index (χ2n) is 2.19. The number of esters is 1. The lowest BCUT2D eigenvalue weighted by molar-refractivity contribution is -0.142. The van der Waals surface area contributed by atoms with Crippen LogP contribution in [-0.2, 0) is 9.53 Å². The standard InChI is InChI=1S/C9H14O2/c1-3-5-7-9(10)11-8-6-4-2/h6H,2-3,5,7-8H2,1H3. The summed E-state index contributed by atoms with van der Waals surface area (Å²) in [5.74, 6) is -0.140. The first-order valence-corrected chi connectivity index (χ1v) is 3.81. The van der Waals surface area contributed by atoms with E-state index in [0.29, 0.717) is 13.0 Å². The molecule has 0 atom stereocenters. The van der Waals surface area contributed by atoms with E-state index >= 15 is 0 Å². The number of rotatable bonds is 5. The summed E-state index contributed by atoms with van der Waals surface area (Å²) in [6, 6.07) is 0. The van der Waals surface area contributed by atoms with Crippen LogP contribution in [-0.4, -0.2) is 12.6 Å². The second kappa shape index (κ2) is 7.10. The van der Waals surface area contributed by atoms with Crippen LogP contribution in [0.3, 0.4) is 0 Å². The molecular formula is C9H14O2. The molecular weight excluding hydrogens is 140 g/mol. The molecule has 0 heterocycles. The van der Waals surface area contributed by atoms with Gasteiger partial charge in [0.1, 0.15) is 6.61 Å². The van der Waals surface area contributed by atoms with E-state index < -0.39 is 0 Å². The third kappa shape index (κ3) is 6.88. The molecule has 2 heteroatoms. The smallest absolute Gasteiger partial charge is 0.306 e. The zero-order valence-corrected chi connectivity index (χ0v) is 6.93. The topological polar surface area (TPSA) is 26.3 Å². The van der Waals surface area contributed by atoms with Crippen molar-refractivity contribution < 1.29 is 9.53 Å². The van der Waals surface area contributed by atoms with Gasteiger partial charge in [-0.2, -0.15) is 0 Å². The lowest BCUT2D eigenvalue weighted by Gasteiger charge is -1.98. The number of unbranched alkanes of at least 4 members (excludes halogenated alkanes) is 1. The minimum atomic E-state index is -0.140. The van der Waals surface area contributed by atoms with Crippen LogP contribution in [0.5, 0.6) is 0 Å². The molecule has 0 aliphatic carbocycles. The predicted octanol–water partition coefficient (Wildman–Crippen LogP) is 2.06. The number of carbonyl (C=O) groups is 1. The Balaban J connectivity index is 3.29. The summed E-state index contributed by atoms with van der Waals surface area (Å²) < 4.78 is 4.79. The van der Waals surface area contributed by atoms with Crippen molar-refractivity contribution in [3.63, 3.8) is 0 Å². The van der Waals surface area contributed by atoms with Crippen molar-refractivity contribution in [3.8, 4) is 0 Å². The van der Waals surface area contributed by atoms with E-state index in [1.54, 1.807) is 6.08 Å². The Hall–Kier alpha value is -1.01. The van der Waals surface area contributed by atoms with Crippen LogP contribution in [0.25, 0.3) is 0 Å². The molecule has 0 amide bonds. The van der Waals surface area contributed by atoms with E-state index in [2.05, 4.69) is 12.3 Å². The number of ether oxygens (including phenoxy) is 1. The highest BCUT2D eigenvalue weighted by Crippen LogP contribution is 1.95. The first-order valence-electron chi connectivity index (χ1n) is 3.81. The maximum absolute atomic E-state index is 10.8. The second-order valence-corrected chi connectivity index (χ2v) is 2.19. The van der Waals surface area contributed by atoms with Gasteiger partial charge >= 0.3 is 5.97 Å². The normalized spacial score (nSPS) is 8.45. The fraction of sp³-hybridized carbons (Fsp3) is 0.556. The highest BCUT2D eigenvalue weighted by Gasteiger charge is 1.98. The molecule has 11 heavy (non-hydrogen) atoms. The third-order valence-electron chi connectivity index (χ3n) is 1.21. The molecule has 0 saturated heterocycles. The van der Waals surface area contributed by atoms with Crippen molar-refractivity contribution in [1.82, 2.24) is 0 Å². The van der Waals surface area contributed by atoms with Gasteiger partial charge in [0.2, 0.25) is 0 Å². The van der Waals surface area contributed by atoms with E-state index in [1.165, 1.54) is 0 Å². The van der Waals surface area contributed by atoms with Gasteiger partial charge in [0, 0.05) is 6.42 Å². The SMILES string of the molecule is C=C=CCOC(=O)CCCC. The van der Waals surface area contributed by atoms with Gasteiger partial charge in [-0.3, -0.25) is 4.79 Å². The van der Waals surface area contributed by atoms with Crippen molar-refractivity contribution in [1.29, 1.82) is 0 Å². The number of carbonyl (C=O) groups excluding carboxylic acids is 1. The minimum absolute atomic E-state index is 0.140. The van der Waals surface area contributed by atoms with Crippen molar-refractivity contribution in [3.05, 3.63) is 18.4 Å². The van der Waals surface area contributed by atoms with Crippen LogP contribution in [0.2, 0.25) is 0 Å². The number of hydrogen-bond donors (Lipinski definition) is 0. The van der Waals surface area contributed by atoms with Crippen LogP contribution in [0, 0.1) is 0 Å². The van der Waals surface area contributed by atoms with Gasteiger partial charge in [0.25, 0.3) is 0 Å². The molecule has 0 spiro atoms. The lowest BCUT2D eigenvalue weighted by atomic mass is 10.2. The molecule has 0 unspecified atom stereocenters. The van der Waals surface area contributed by atoms with Gasteiger partial charge in [-0.1, -0.05) is 19.9 Å². The molecule has 0 aliphatic rings. The van der Waals surface area contributed by atoms with Gasteiger partial charge in [-0.25, -0.2) is 0 Å². The molecule has 0 saturated carbocycles. The summed E-state index contributed by atoms with van der Waals surface area (Å²) in [4.78, 5) is 10.8. The Kier molecular flexibility index (Phi) is 6.45. The third-order valence-corrected chi connectivity index (χ3v) is 1.21. The molecule has 0 aliphatic heterocycles. The van der Waals surface area contributed by atoms with Gasteiger partial charge in [-0.15, -0.1) is 5.73 Å². The highest BCUT2D eigenvalue weighted by atomic mass is 16.5. The number of hydrogen-bond acceptors (Lipinski definition) is 2. The van der Waals surface area contributed by atoms with Crippen LogP contribution < -0.4 is 0 Å². The van der Waals surface area contributed by atoms with Crippen molar-refractivity contribution in [2.24, 2.45) is 0 Å². The Bertz CT molecular complexity index is 155.